The molecule has 0 aliphatic carbocycles. The van der Waals surface area contributed by atoms with Crippen LogP contribution in [0.25, 0.3) is 11.3 Å². The minimum absolute atomic E-state index is 0.0278. The minimum atomic E-state index is -4.03. The van der Waals surface area contributed by atoms with Crippen molar-refractivity contribution in [3.8, 4) is 11.3 Å². The smallest absolute Gasteiger partial charge is 0.294 e. The highest BCUT2D eigenvalue weighted by Gasteiger charge is 2.35. The van der Waals surface area contributed by atoms with Crippen LogP contribution in [-0.2, 0) is 10.1 Å². The number of halogens is 1. The van der Waals surface area contributed by atoms with Gasteiger partial charge in [-0.25, -0.2) is 0 Å². The Hall–Kier alpha value is -2.65. The van der Waals surface area contributed by atoms with Crippen molar-refractivity contribution in [2.75, 3.05) is 19.6 Å². The molecule has 0 radical (unpaired) electrons. The minimum Gasteiger partial charge on any atom is -0.451 e. The average molecular weight is 503 g/mol. The average Bonchev–Trinajstić information content (AvgIpc) is 3.30. The van der Waals surface area contributed by atoms with Gasteiger partial charge in [0.15, 0.2) is 5.76 Å². The van der Waals surface area contributed by atoms with Crippen molar-refractivity contribution >= 4 is 27.6 Å². The highest BCUT2D eigenvalue weighted by molar-refractivity contribution is 7.85. The number of amides is 1. The molecule has 3 aromatic rings. The van der Waals surface area contributed by atoms with Gasteiger partial charge in [0, 0.05) is 18.2 Å². The third-order valence-corrected chi connectivity index (χ3v) is 7.66. The fraction of sp³-hybridized carbons (Fsp3) is 0.320. The maximum absolute atomic E-state index is 12.5. The Labute approximate surface area is 204 Å². The van der Waals surface area contributed by atoms with Crippen molar-refractivity contribution in [3.05, 3.63) is 77.0 Å². The van der Waals surface area contributed by atoms with Crippen molar-refractivity contribution in [1.82, 2.24) is 10.2 Å². The first kappa shape index (κ1) is 24.5. The molecule has 6 rings (SSSR count). The summed E-state index contributed by atoms with van der Waals surface area (Å²) in [6.07, 6.45) is 2.35. The van der Waals surface area contributed by atoms with Crippen LogP contribution >= 0.6 is 11.6 Å². The number of piperidine rings is 3. The Morgan fingerprint density at radius 1 is 1.06 bits per heavy atom. The summed E-state index contributed by atoms with van der Waals surface area (Å²) in [5.41, 5.74) is 1.35. The number of aryl methyl sites for hydroxylation is 1. The molecular weight excluding hydrogens is 476 g/mol. The van der Waals surface area contributed by atoms with E-state index in [1.165, 1.54) is 18.9 Å². The molecule has 34 heavy (non-hydrogen) atoms. The van der Waals surface area contributed by atoms with Crippen molar-refractivity contribution < 1.29 is 22.2 Å². The SMILES string of the molecule is Cc1ccccc1S(=O)(=O)O.O=C(N[C@H]1CN2CCC1CC2)c1ccc(-c2ccccc2Cl)o1. The molecule has 3 saturated heterocycles. The van der Waals surface area contributed by atoms with E-state index < -0.39 is 10.1 Å². The van der Waals surface area contributed by atoms with E-state index in [-0.39, 0.29) is 16.8 Å². The summed E-state index contributed by atoms with van der Waals surface area (Å²) >= 11 is 6.18. The van der Waals surface area contributed by atoms with Crippen molar-refractivity contribution in [3.63, 3.8) is 0 Å². The van der Waals surface area contributed by atoms with Crippen LogP contribution in [0.5, 0.6) is 0 Å². The van der Waals surface area contributed by atoms with Crippen molar-refractivity contribution in [1.29, 1.82) is 0 Å². The van der Waals surface area contributed by atoms with Crippen LogP contribution in [0.4, 0.5) is 0 Å². The maximum atomic E-state index is 12.5. The zero-order valence-corrected chi connectivity index (χ0v) is 20.3. The number of carbonyl (C=O) groups is 1. The van der Waals surface area contributed by atoms with Gasteiger partial charge >= 0.3 is 0 Å². The second kappa shape index (κ2) is 10.3. The number of hydrogen-bond acceptors (Lipinski definition) is 5. The Morgan fingerprint density at radius 2 is 1.74 bits per heavy atom. The maximum Gasteiger partial charge on any atom is 0.294 e. The van der Waals surface area contributed by atoms with E-state index >= 15 is 0 Å². The first-order valence-electron chi connectivity index (χ1n) is 11.1. The van der Waals surface area contributed by atoms with E-state index in [0.29, 0.717) is 28.0 Å². The van der Waals surface area contributed by atoms with Gasteiger partial charge in [-0.15, -0.1) is 0 Å². The van der Waals surface area contributed by atoms with Gasteiger partial charge in [-0.3, -0.25) is 9.35 Å². The molecule has 2 bridgehead atoms. The zero-order chi connectivity index (χ0) is 24.3. The number of nitrogens with one attached hydrogen (secondary N) is 1. The second-order valence-electron chi connectivity index (χ2n) is 8.60. The van der Waals surface area contributed by atoms with Crippen LogP contribution in [0.15, 0.2) is 70.0 Å². The van der Waals surface area contributed by atoms with Crippen LogP contribution in [0.1, 0.15) is 29.0 Å². The van der Waals surface area contributed by atoms with Gasteiger partial charge in [0.05, 0.1) is 9.92 Å². The van der Waals surface area contributed by atoms with E-state index in [2.05, 4.69) is 10.2 Å². The van der Waals surface area contributed by atoms with Crippen LogP contribution in [0.2, 0.25) is 5.02 Å². The lowest BCUT2D eigenvalue weighted by molar-refractivity contribution is 0.0606. The first-order valence-corrected chi connectivity index (χ1v) is 13.0. The molecule has 7 nitrogen and oxygen atoms in total. The van der Waals surface area contributed by atoms with Gasteiger partial charge in [0.2, 0.25) is 0 Å². The molecule has 3 aliphatic heterocycles. The monoisotopic (exact) mass is 502 g/mol. The zero-order valence-electron chi connectivity index (χ0n) is 18.8. The van der Waals surface area contributed by atoms with Gasteiger partial charge in [-0.05, 0) is 74.7 Å². The quantitative estimate of drug-likeness (QED) is 0.503. The molecule has 3 fully saturated rings. The molecule has 180 valence electrons. The number of benzene rings is 2. The summed E-state index contributed by atoms with van der Waals surface area (Å²) in [4.78, 5) is 14.9. The summed E-state index contributed by atoms with van der Waals surface area (Å²) in [6, 6.07) is 17.5. The third-order valence-electron chi connectivity index (χ3n) is 6.31. The molecule has 3 aliphatic rings. The highest BCUT2D eigenvalue weighted by Crippen LogP contribution is 2.30. The fourth-order valence-corrected chi connectivity index (χ4v) is 5.43. The molecule has 1 aromatic heterocycles. The number of fused-ring (bicyclic) bond motifs is 3. The summed E-state index contributed by atoms with van der Waals surface area (Å²) < 4.78 is 35.6. The van der Waals surface area contributed by atoms with Crippen LogP contribution in [0.3, 0.4) is 0 Å². The Morgan fingerprint density at radius 3 is 2.32 bits per heavy atom. The summed E-state index contributed by atoms with van der Waals surface area (Å²) in [7, 11) is -4.03. The molecule has 2 N–H and O–H groups in total. The molecule has 0 spiro atoms. The summed E-state index contributed by atoms with van der Waals surface area (Å²) in [5.74, 6) is 1.43. The van der Waals surface area contributed by atoms with Crippen molar-refractivity contribution in [2.24, 2.45) is 5.92 Å². The number of carbonyl (C=O) groups excluding carboxylic acids is 1. The number of furan rings is 1. The molecule has 9 heteroatoms. The molecule has 1 atom stereocenters. The van der Waals surface area contributed by atoms with Gasteiger partial charge in [-0.2, -0.15) is 8.42 Å². The van der Waals surface area contributed by atoms with Crippen molar-refractivity contribution in [2.45, 2.75) is 30.7 Å². The Kier molecular flexibility index (Phi) is 7.42. The lowest BCUT2D eigenvalue weighted by Crippen LogP contribution is -2.57. The third kappa shape index (κ3) is 5.70. The van der Waals surface area contributed by atoms with Gasteiger partial charge < -0.3 is 14.6 Å². The van der Waals surface area contributed by atoms with Crippen LogP contribution in [0, 0.1) is 12.8 Å². The predicted molar refractivity (Wildman–Crippen MR) is 131 cm³/mol. The lowest BCUT2D eigenvalue weighted by atomic mass is 9.84. The highest BCUT2D eigenvalue weighted by atomic mass is 35.5. The normalized spacial score (nSPS) is 21.4. The largest absolute Gasteiger partial charge is 0.451 e. The van der Waals surface area contributed by atoms with Gasteiger partial charge in [0.25, 0.3) is 16.0 Å². The molecule has 4 heterocycles. The lowest BCUT2D eigenvalue weighted by Gasteiger charge is -2.44. The summed E-state index contributed by atoms with van der Waals surface area (Å²) in [6.45, 7) is 4.90. The molecule has 2 aromatic carbocycles. The molecule has 0 saturated carbocycles. The van der Waals surface area contributed by atoms with Gasteiger partial charge in [0.1, 0.15) is 5.76 Å². The molecular formula is C25H27ClN2O5S. The van der Waals surface area contributed by atoms with E-state index in [4.69, 9.17) is 20.6 Å². The second-order valence-corrected chi connectivity index (χ2v) is 10.4. The number of hydrogen-bond donors (Lipinski definition) is 2. The van der Waals surface area contributed by atoms with E-state index in [1.807, 2.05) is 24.3 Å². The van der Waals surface area contributed by atoms with Crippen LogP contribution in [-0.4, -0.2) is 49.5 Å². The summed E-state index contributed by atoms with van der Waals surface area (Å²) in [5, 5.41) is 3.76. The number of rotatable bonds is 4. The predicted octanol–water partition coefficient (Wildman–Crippen LogP) is 4.67. The van der Waals surface area contributed by atoms with E-state index in [9.17, 15) is 13.2 Å². The number of nitrogens with zero attached hydrogens (tertiary/aromatic N) is 1. The Bertz CT molecular complexity index is 1270. The topological polar surface area (TPSA) is 99.8 Å². The Balaban J connectivity index is 0.000000210. The van der Waals surface area contributed by atoms with E-state index in [0.717, 1.165) is 25.2 Å². The van der Waals surface area contributed by atoms with Crippen LogP contribution < -0.4 is 5.32 Å². The van der Waals surface area contributed by atoms with Gasteiger partial charge in [-0.1, -0.05) is 41.9 Å². The van der Waals surface area contributed by atoms with E-state index in [1.54, 1.807) is 37.3 Å². The molecule has 0 unspecified atom stereocenters. The molecule has 1 amide bonds. The fourth-order valence-electron chi connectivity index (χ4n) is 4.48. The standard InChI is InChI=1S/C18H19ClN2O2.C7H8O3S/c19-14-4-2-1-3-13(14)16-5-6-17(23-16)18(22)20-15-11-21-9-7-12(15)8-10-21;1-6-4-2-3-5-7(6)11(8,9)10/h1-6,12,15H,7-11H2,(H,20,22);2-5H,1H3,(H,8,9,10)/t15-;/m0./s1. The first-order chi connectivity index (χ1) is 16.2.